The first kappa shape index (κ1) is 19.3. The summed E-state index contributed by atoms with van der Waals surface area (Å²) >= 11 is 0. The smallest absolute Gasteiger partial charge is 0.0968 e. The van der Waals surface area contributed by atoms with Crippen molar-refractivity contribution in [1.82, 2.24) is 24.8 Å². The van der Waals surface area contributed by atoms with Crippen LogP contribution >= 0.6 is 0 Å². The van der Waals surface area contributed by atoms with E-state index in [1.165, 1.54) is 0 Å². The molecule has 5 heteroatoms. The van der Waals surface area contributed by atoms with Crippen molar-refractivity contribution in [1.29, 1.82) is 0 Å². The van der Waals surface area contributed by atoms with Crippen LogP contribution in [0.4, 0.5) is 0 Å². The molecule has 0 unspecified atom stereocenters. The summed E-state index contributed by atoms with van der Waals surface area (Å²) in [6.07, 6.45) is 3.67. The Morgan fingerprint density at radius 1 is 0.581 bits per heavy atom. The van der Waals surface area contributed by atoms with Gasteiger partial charge in [0.2, 0.25) is 0 Å². The number of aromatic nitrogens is 4. The zero-order valence-corrected chi connectivity index (χ0v) is 17.4. The molecule has 5 aromatic rings. The zero-order valence-electron chi connectivity index (χ0n) is 17.4. The number of nitrogens with zero attached hydrogens (tertiary/aromatic N) is 5. The van der Waals surface area contributed by atoms with Gasteiger partial charge >= 0.3 is 0 Å². The van der Waals surface area contributed by atoms with Gasteiger partial charge in [0.15, 0.2) is 0 Å². The van der Waals surface area contributed by atoms with Gasteiger partial charge in [0.25, 0.3) is 0 Å². The van der Waals surface area contributed by atoms with Gasteiger partial charge < -0.3 is 0 Å². The summed E-state index contributed by atoms with van der Waals surface area (Å²) in [4.78, 5) is 21.1. The van der Waals surface area contributed by atoms with Crippen molar-refractivity contribution >= 4 is 21.8 Å². The molecule has 0 atom stereocenters. The maximum atomic E-state index is 5.02. The molecule has 5 nitrogen and oxygen atoms in total. The van der Waals surface area contributed by atoms with Gasteiger partial charge in [0, 0.05) is 48.5 Å². The second-order valence-electron chi connectivity index (χ2n) is 7.75. The fraction of sp³-hybridized carbons (Fsp3) is 0.154. The third kappa shape index (κ3) is 4.42. The first-order valence-corrected chi connectivity index (χ1v) is 10.4. The van der Waals surface area contributed by atoms with Gasteiger partial charge in [0.05, 0.1) is 28.1 Å². The normalized spacial score (nSPS) is 11.4. The highest BCUT2D eigenvalue weighted by molar-refractivity contribution is 6.02. The highest BCUT2D eigenvalue weighted by atomic mass is 15.1. The largest absolute Gasteiger partial charge is 0.286 e. The van der Waals surface area contributed by atoms with Crippen LogP contribution in [0.15, 0.2) is 85.2 Å². The molecule has 1 aromatic carbocycles. The van der Waals surface area contributed by atoms with Gasteiger partial charge in [0.1, 0.15) is 0 Å². The minimum Gasteiger partial charge on any atom is -0.286 e. The molecule has 0 aliphatic carbocycles. The van der Waals surface area contributed by atoms with E-state index in [4.69, 9.17) is 9.97 Å². The third-order valence-corrected chi connectivity index (χ3v) is 5.33. The number of aryl methyl sites for hydroxylation is 1. The van der Waals surface area contributed by atoms with Crippen molar-refractivity contribution in [3.8, 4) is 0 Å². The lowest BCUT2D eigenvalue weighted by molar-refractivity contribution is 0.239. The fourth-order valence-corrected chi connectivity index (χ4v) is 3.83. The maximum absolute atomic E-state index is 5.02. The summed E-state index contributed by atoms with van der Waals surface area (Å²) in [6.45, 7) is 4.17. The van der Waals surface area contributed by atoms with Crippen LogP contribution in [0.5, 0.6) is 0 Å². The van der Waals surface area contributed by atoms with E-state index in [-0.39, 0.29) is 0 Å². The van der Waals surface area contributed by atoms with Gasteiger partial charge in [-0.3, -0.25) is 19.9 Å². The van der Waals surface area contributed by atoms with Gasteiger partial charge in [-0.25, -0.2) is 4.98 Å². The number of benzene rings is 1. The molecule has 4 heterocycles. The number of hydrogen-bond donors (Lipinski definition) is 0. The fourth-order valence-electron chi connectivity index (χ4n) is 3.83. The molecule has 0 amide bonds. The first-order chi connectivity index (χ1) is 15.2. The Morgan fingerprint density at radius 2 is 1.13 bits per heavy atom. The first-order valence-electron chi connectivity index (χ1n) is 10.4. The van der Waals surface area contributed by atoms with Crippen LogP contribution in [0, 0.1) is 6.92 Å². The highest BCUT2D eigenvalue weighted by Crippen LogP contribution is 2.23. The average molecular weight is 406 g/mol. The lowest BCUT2D eigenvalue weighted by atomic mass is 10.1. The molecule has 4 aromatic heterocycles. The SMILES string of the molecule is Cc1ccc2ccc3ccc(CN(Cc4ccccn4)Cc4ccccn4)nc3c2n1. The van der Waals surface area contributed by atoms with Crippen molar-refractivity contribution in [2.45, 2.75) is 26.6 Å². The van der Waals surface area contributed by atoms with Crippen molar-refractivity contribution in [3.05, 3.63) is 108 Å². The number of fused-ring (bicyclic) bond motifs is 3. The molecule has 31 heavy (non-hydrogen) atoms. The Kier molecular flexibility index (Phi) is 5.33. The van der Waals surface area contributed by atoms with Crippen molar-refractivity contribution in [2.75, 3.05) is 0 Å². The van der Waals surface area contributed by atoms with Gasteiger partial charge in [-0.15, -0.1) is 0 Å². The molecular weight excluding hydrogens is 382 g/mol. The van der Waals surface area contributed by atoms with E-state index in [1.54, 1.807) is 0 Å². The second-order valence-corrected chi connectivity index (χ2v) is 7.75. The Bertz CT molecular complexity index is 1280. The van der Waals surface area contributed by atoms with Gasteiger partial charge in [-0.1, -0.05) is 36.4 Å². The van der Waals surface area contributed by atoms with Crippen LogP contribution in [0.2, 0.25) is 0 Å². The molecule has 0 spiro atoms. The molecule has 152 valence electrons. The minimum absolute atomic E-state index is 0.700. The number of pyridine rings is 4. The average Bonchev–Trinajstić information content (AvgIpc) is 2.80. The molecular formula is C26H23N5. The summed E-state index contributed by atoms with van der Waals surface area (Å²) in [7, 11) is 0. The Balaban J connectivity index is 1.50. The van der Waals surface area contributed by atoms with Crippen LogP contribution < -0.4 is 0 Å². The lowest BCUT2D eigenvalue weighted by Gasteiger charge is -2.21. The summed E-state index contributed by atoms with van der Waals surface area (Å²) < 4.78 is 0. The van der Waals surface area contributed by atoms with Gasteiger partial charge in [-0.2, -0.15) is 0 Å². The van der Waals surface area contributed by atoms with Crippen LogP contribution in [0.25, 0.3) is 21.8 Å². The minimum atomic E-state index is 0.700. The molecule has 5 rings (SSSR count). The Hall–Kier alpha value is -3.70. The van der Waals surface area contributed by atoms with E-state index in [2.05, 4.69) is 57.3 Å². The summed E-state index contributed by atoms with van der Waals surface area (Å²) in [6, 6.07) is 24.7. The lowest BCUT2D eigenvalue weighted by Crippen LogP contribution is -2.24. The Morgan fingerprint density at radius 3 is 1.74 bits per heavy atom. The molecule has 0 saturated heterocycles. The van der Waals surface area contributed by atoms with E-state index < -0.39 is 0 Å². The monoisotopic (exact) mass is 405 g/mol. The molecule has 0 N–H and O–H groups in total. The van der Waals surface area contributed by atoms with E-state index in [1.807, 2.05) is 49.6 Å². The topological polar surface area (TPSA) is 54.8 Å². The molecule has 0 fully saturated rings. The van der Waals surface area contributed by atoms with E-state index >= 15 is 0 Å². The van der Waals surface area contributed by atoms with Crippen molar-refractivity contribution in [2.24, 2.45) is 0 Å². The predicted molar refractivity (Wildman–Crippen MR) is 123 cm³/mol. The summed E-state index contributed by atoms with van der Waals surface area (Å²) in [5.74, 6) is 0. The van der Waals surface area contributed by atoms with Gasteiger partial charge in [-0.05, 0) is 43.3 Å². The summed E-state index contributed by atoms with van der Waals surface area (Å²) in [5, 5.41) is 2.22. The molecule has 0 saturated carbocycles. The standard InChI is InChI=1S/C26H23N5/c1-19-8-9-20-10-11-21-12-13-24(30-26(21)25(20)29-19)18-31(16-22-6-2-4-14-27-22)17-23-7-3-5-15-28-23/h2-15H,16-18H2,1H3. The van der Waals surface area contributed by atoms with Crippen molar-refractivity contribution < 1.29 is 0 Å². The molecule has 0 aliphatic heterocycles. The van der Waals surface area contributed by atoms with Crippen LogP contribution in [0.1, 0.15) is 22.8 Å². The zero-order chi connectivity index (χ0) is 21.0. The van der Waals surface area contributed by atoms with Crippen LogP contribution in [-0.2, 0) is 19.6 Å². The number of hydrogen-bond acceptors (Lipinski definition) is 5. The third-order valence-electron chi connectivity index (χ3n) is 5.33. The second kappa shape index (κ2) is 8.58. The van der Waals surface area contributed by atoms with Crippen molar-refractivity contribution in [3.63, 3.8) is 0 Å². The molecule has 0 radical (unpaired) electrons. The number of rotatable bonds is 6. The highest BCUT2D eigenvalue weighted by Gasteiger charge is 2.12. The van der Waals surface area contributed by atoms with Crippen LogP contribution in [0.3, 0.4) is 0 Å². The molecule has 0 aliphatic rings. The van der Waals surface area contributed by atoms with E-state index in [0.29, 0.717) is 6.54 Å². The van der Waals surface area contributed by atoms with Crippen LogP contribution in [-0.4, -0.2) is 24.8 Å². The van der Waals surface area contributed by atoms with E-state index in [9.17, 15) is 0 Å². The maximum Gasteiger partial charge on any atom is 0.0968 e. The Labute approximate surface area is 181 Å². The summed E-state index contributed by atoms with van der Waals surface area (Å²) in [5.41, 5.74) is 5.98. The molecule has 0 bridgehead atoms. The van der Waals surface area contributed by atoms with E-state index in [0.717, 1.165) is 57.7 Å². The predicted octanol–water partition coefficient (Wildman–Crippen LogP) is 5.08. The quantitative estimate of drug-likeness (QED) is 0.369.